The van der Waals surface area contributed by atoms with Gasteiger partial charge in [0.2, 0.25) is 0 Å². The molecule has 1 fully saturated rings. The summed E-state index contributed by atoms with van der Waals surface area (Å²) in [7, 11) is 0. The van der Waals surface area contributed by atoms with E-state index in [-0.39, 0.29) is 17.8 Å². The minimum atomic E-state index is -0.248. The normalized spacial score (nSPS) is 17.7. The van der Waals surface area contributed by atoms with Crippen LogP contribution in [0.5, 0.6) is 0 Å². The quantitative estimate of drug-likeness (QED) is 0.774. The van der Waals surface area contributed by atoms with Gasteiger partial charge in [-0.2, -0.15) is 0 Å². The third-order valence-corrected chi connectivity index (χ3v) is 3.75. The van der Waals surface area contributed by atoms with Gasteiger partial charge in [0.05, 0.1) is 13.0 Å². The summed E-state index contributed by atoms with van der Waals surface area (Å²) in [4.78, 5) is 14.1. The summed E-state index contributed by atoms with van der Waals surface area (Å²) in [6, 6.07) is 6.45. The van der Waals surface area contributed by atoms with Crippen molar-refractivity contribution >= 4 is 5.97 Å². The summed E-state index contributed by atoms with van der Waals surface area (Å²) in [5.74, 6) is -0.435. The van der Waals surface area contributed by atoms with Crippen LogP contribution in [-0.4, -0.2) is 30.6 Å². The second-order valence-corrected chi connectivity index (χ2v) is 5.17. The van der Waals surface area contributed by atoms with Gasteiger partial charge in [0.25, 0.3) is 0 Å². The lowest BCUT2D eigenvalue weighted by molar-refractivity contribution is -0.144. The summed E-state index contributed by atoms with van der Waals surface area (Å²) in [6.45, 7) is 4.18. The first kappa shape index (κ1) is 15.0. The minimum absolute atomic E-state index is 0.00468. The first-order valence-electron chi connectivity index (χ1n) is 7.36. The Balaban J connectivity index is 2.13. The highest BCUT2D eigenvalue weighted by Gasteiger charge is 2.25. The Bertz CT molecular complexity index is 427. The fraction of sp³-hybridized carbons (Fsp3) is 0.562. The van der Waals surface area contributed by atoms with Crippen molar-refractivity contribution in [1.82, 2.24) is 4.90 Å². The van der Waals surface area contributed by atoms with Crippen molar-refractivity contribution in [3.8, 4) is 0 Å². The van der Waals surface area contributed by atoms with Crippen molar-refractivity contribution < 1.29 is 13.9 Å². The van der Waals surface area contributed by atoms with E-state index in [0.717, 1.165) is 31.5 Å². The lowest BCUT2D eigenvalue weighted by Gasteiger charge is -2.34. The van der Waals surface area contributed by atoms with E-state index < -0.39 is 0 Å². The zero-order chi connectivity index (χ0) is 14.4. The number of esters is 1. The lowest BCUT2D eigenvalue weighted by Crippen LogP contribution is -2.35. The summed E-state index contributed by atoms with van der Waals surface area (Å²) in [5.41, 5.74) is 0.987. The molecule has 1 aromatic carbocycles. The van der Waals surface area contributed by atoms with Gasteiger partial charge in [0.15, 0.2) is 0 Å². The fourth-order valence-electron chi connectivity index (χ4n) is 2.75. The fourth-order valence-corrected chi connectivity index (χ4v) is 2.75. The van der Waals surface area contributed by atoms with Crippen molar-refractivity contribution in [2.45, 2.75) is 38.6 Å². The molecule has 0 radical (unpaired) electrons. The van der Waals surface area contributed by atoms with E-state index in [9.17, 15) is 9.18 Å². The van der Waals surface area contributed by atoms with Gasteiger partial charge in [-0.15, -0.1) is 0 Å². The first-order chi connectivity index (χ1) is 9.70. The highest BCUT2D eigenvalue weighted by Crippen LogP contribution is 2.28. The molecule has 0 N–H and O–H groups in total. The maximum Gasteiger partial charge on any atom is 0.307 e. The van der Waals surface area contributed by atoms with Crippen LogP contribution in [-0.2, 0) is 9.53 Å². The molecule has 1 aliphatic rings. The van der Waals surface area contributed by atoms with Gasteiger partial charge < -0.3 is 4.74 Å². The van der Waals surface area contributed by atoms with Gasteiger partial charge in [-0.3, -0.25) is 9.69 Å². The molecule has 0 saturated carbocycles. The van der Waals surface area contributed by atoms with E-state index in [1.807, 2.05) is 6.92 Å². The van der Waals surface area contributed by atoms with Crippen LogP contribution in [0, 0.1) is 5.82 Å². The molecule has 20 heavy (non-hydrogen) atoms. The Hall–Kier alpha value is -1.42. The van der Waals surface area contributed by atoms with Crippen molar-refractivity contribution in [3.05, 3.63) is 35.6 Å². The van der Waals surface area contributed by atoms with Gasteiger partial charge in [-0.1, -0.05) is 18.6 Å². The molecule has 2 rings (SSSR count). The van der Waals surface area contributed by atoms with Crippen LogP contribution in [0.3, 0.4) is 0 Å². The predicted octanol–water partition coefficient (Wildman–Crippen LogP) is 3.31. The van der Waals surface area contributed by atoms with Crippen molar-refractivity contribution in [2.24, 2.45) is 0 Å². The van der Waals surface area contributed by atoms with Gasteiger partial charge in [0.1, 0.15) is 5.82 Å². The summed E-state index contributed by atoms with van der Waals surface area (Å²) in [6.07, 6.45) is 3.88. The zero-order valence-electron chi connectivity index (χ0n) is 12.0. The molecular weight excluding hydrogens is 257 g/mol. The van der Waals surface area contributed by atoms with Crippen LogP contribution in [0.25, 0.3) is 0 Å². The number of piperidine rings is 1. The molecule has 1 aliphatic heterocycles. The molecule has 0 bridgehead atoms. The second kappa shape index (κ2) is 7.39. The van der Waals surface area contributed by atoms with Gasteiger partial charge in [0, 0.05) is 6.04 Å². The Morgan fingerprint density at radius 3 is 2.50 bits per heavy atom. The first-order valence-corrected chi connectivity index (χ1v) is 7.36. The van der Waals surface area contributed by atoms with Crippen molar-refractivity contribution in [1.29, 1.82) is 0 Å². The van der Waals surface area contributed by atoms with E-state index >= 15 is 0 Å². The molecule has 0 aliphatic carbocycles. The maximum absolute atomic E-state index is 13.1. The molecule has 110 valence electrons. The van der Waals surface area contributed by atoms with Gasteiger partial charge >= 0.3 is 5.97 Å². The molecule has 0 spiro atoms. The number of benzene rings is 1. The van der Waals surface area contributed by atoms with Crippen LogP contribution in [0.2, 0.25) is 0 Å². The van der Waals surface area contributed by atoms with Crippen molar-refractivity contribution in [3.63, 3.8) is 0 Å². The van der Waals surface area contributed by atoms with E-state index in [1.54, 1.807) is 12.1 Å². The Labute approximate surface area is 119 Å². The number of carbonyl (C=O) groups is 1. The van der Waals surface area contributed by atoms with Crippen LogP contribution in [0.15, 0.2) is 24.3 Å². The van der Waals surface area contributed by atoms with Crippen LogP contribution in [0.4, 0.5) is 4.39 Å². The topological polar surface area (TPSA) is 29.5 Å². The number of hydrogen-bond acceptors (Lipinski definition) is 3. The third kappa shape index (κ3) is 4.04. The average Bonchev–Trinajstić information content (AvgIpc) is 2.47. The van der Waals surface area contributed by atoms with Crippen LogP contribution in [0.1, 0.15) is 44.2 Å². The molecule has 3 nitrogen and oxygen atoms in total. The van der Waals surface area contributed by atoms with E-state index in [4.69, 9.17) is 4.74 Å². The predicted molar refractivity (Wildman–Crippen MR) is 75.8 cm³/mol. The molecule has 0 amide bonds. The van der Waals surface area contributed by atoms with E-state index in [2.05, 4.69) is 4.90 Å². The van der Waals surface area contributed by atoms with E-state index in [1.165, 1.54) is 18.6 Å². The number of ether oxygens (including phenoxy) is 1. The molecule has 4 heteroatoms. The number of halogens is 1. The maximum atomic E-state index is 13.1. The minimum Gasteiger partial charge on any atom is -0.466 e. The standard InChI is InChI=1S/C16H22FNO2/c1-2-20-16(19)12-15(18-10-4-3-5-11-18)13-6-8-14(17)9-7-13/h6-9,15H,2-5,10-12H2,1H3/t15-/m0/s1. The highest BCUT2D eigenvalue weighted by atomic mass is 19.1. The molecule has 1 heterocycles. The number of hydrogen-bond donors (Lipinski definition) is 0. The largest absolute Gasteiger partial charge is 0.466 e. The molecule has 0 aromatic heterocycles. The van der Waals surface area contributed by atoms with Crippen LogP contribution >= 0.6 is 0 Å². The lowest BCUT2D eigenvalue weighted by atomic mass is 9.99. The number of carbonyl (C=O) groups excluding carboxylic acids is 1. The van der Waals surface area contributed by atoms with Crippen molar-refractivity contribution in [2.75, 3.05) is 19.7 Å². The van der Waals surface area contributed by atoms with Gasteiger partial charge in [-0.25, -0.2) is 4.39 Å². The molecule has 0 unspecified atom stereocenters. The Morgan fingerprint density at radius 1 is 1.25 bits per heavy atom. The zero-order valence-corrected chi connectivity index (χ0v) is 12.0. The number of likely N-dealkylation sites (tertiary alicyclic amines) is 1. The molecule has 1 aromatic rings. The summed E-state index contributed by atoms with van der Waals surface area (Å²) in [5, 5.41) is 0. The Morgan fingerprint density at radius 2 is 1.90 bits per heavy atom. The SMILES string of the molecule is CCOC(=O)C[C@@H](c1ccc(F)cc1)N1CCCCC1. The number of nitrogens with zero attached hydrogens (tertiary/aromatic N) is 1. The highest BCUT2D eigenvalue weighted by molar-refractivity contribution is 5.70. The molecule has 1 saturated heterocycles. The van der Waals surface area contributed by atoms with E-state index in [0.29, 0.717) is 13.0 Å². The average molecular weight is 279 g/mol. The molecule has 1 atom stereocenters. The second-order valence-electron chi connectivity index (χ2n) is 5.17. The summed E-state index contributed by atoms with van der Waals surface area (Å²) < 4.78 is 18.1. The smallest absolute Gasteiger partial charge is 0.307 e. The number of rotatable bonds is 5. The summed E-state index contributed by atoms with van der Waals surface area (Å²) >= 11 is 0. The Kier molecular flexibility index (Phi) is 5.53. The molecular formula is C16H22FNO2. The van der Waals surface area contributed by atoms with Crippen LogP contribution < -0.4 is 0 Å². The van der Waals surface area contributed by atoms with Gasteiger partial charge in [-0.05, 0) is 50.6 Å². The monoisotopic (exact) mass is 279 g/mol. The third-order valence-electron chi connectivity index (χ3n) is 3.75.